The van der Waals surface area contributed by atoms with Crippen LogP contribution in [0.15, 0.2) is 34.9 Å². The van der Waals surface area contributed by atoms with E-state index in [0.717, 1.165) is 11.4 Å². The maximum Gasteiger partial charge on any atom is 0.408 e. The maximum absolute atomic E-state index is 13.1. The lowest BCUT2D eigenvalue weighted by atomic mass is 10.1. The SMILES string of the molecule is C[C@H](NC(=O)c1ccc2c(n1)N(C(=O)Nc1cc(Br)ccn1)[C@H]1CCN2C1)C(F)(F)F. The highest BCUT2D eigenvalue weighted by Gasteiger charge is 2.41. The third kappa shape index (κ3) is 4.29. The smallest absolute Gasteiger partial charge is 0.366 e. The van der Waals surface area contributed by atoms with Crippen molar-refractivity contribution in [3.8, 4) is 0 Å². The molecule has 2 atom stereocenters. The summed E-state index contributed by atoms with van der Waals surface area (Å²) in [6.07, 6.45) is -2.34. The Hall–Kier alpha value is -2.89. The van der Waals surface area contributed by atoms with Gasteiger partial charge in [0.2, 0.25) is 0 Å². The van der Waals surface area contributed by atoms with Crippen molar-refractivity contribution in [1.82, 2.24) is 15.3 Å². The van der Waals surface area contributed by atoms with Crippen LogP contribution in [-0.2, 0) is 0 Å². The highest BCUT2D eigenvalue weighted by atomic mass is 79.9. The molecule has 4 rings (SSSR count). The van der Waals surface area contributed by atoms with Gasteiger partial charge in [0.15, 0.2) is 5.82 Å². The number of hydrogen-bond acceptors (Lipinski definition) is 5. The maximum atomic E-state index is 13.1. The molecule has 31 heavy (non-hydrogen) atoms. The van der Waals surface area contributed by atoms with E-state index in [9.17, 15) is 22.8 Å². The van der Waals surface area contributed by atoms with E-state index in [2.05, 4.69) is 31.2 Å². The average molecular weight is 499 g/mol. The fraction of sp³-hybridized carbons (Fsp3) is 0.368. The molecule has 2 N–H and O–H groups in total. The molecule has 2 bridgehead atoms. The van der Waals surface area contributed by atoms with E-state index in [-0.39, 0.29) is 17.6 Å². The van der Waals surface area contributed by atoms with Crippen LogP contribution in [0.25, 0.3) is 0 Å². The van der Waals surface area contributed by atoms with Crippen LogP contribution in [0.2, 0.25) is 0 Å². The van der Waals surface area contributed by atoms with Gasteiger partial charge in [-0.1, -0.05) is 15.9 Å². The zero-order valence-electron chi connectivity index (χ0n) is 16.3. The van der Waals surface area contributed by atoms with Crippen molar-refractivity contribution >= 4 is 45.2 Å². The average Bonchev–Trinajstić information content (AvgIpc) is 3.11. The summed E-state index contributed by atoms with van der Waals surface area (Å²) in [6.45, 7) is 2.16. The Morgan fingerprint density at radius 2 is 2.06 bits per heavy atom. The van der Waals surface area contributed by atoms with E-state index in [1.807, 2.05) is 10.2 Å². The summed E-state index contributed by atoms with van der Waals surface area (Å²) in [5.74, 6) is -0.405. The number of amides is 3. The Bertz CT molecular complexity index is 1030. The van der Waals surface area contributed by atoms with E-state index in [4.69, 9.17) is 0 Å². The van der Waals surface area contributed by atoms with Crippen LogP contribution in [0.1, 0.15) is 23.8 Å². The van der Waals surface area contributed by atoms with E-state index >= 15 is 0 Å². The van der Waals surface area contributed by atoms with Crippen LogP contribution >= 0.6 is 15.9 Å². The van der Waals surface area contributed by atoms with Crippen molar-refractivity contribution in [3.63, 3.8) is 0 Å². The van der Waals surface area contributed by atoms with Gasteiger partial charge in [-0.25, -0.2) is 14.8 Å². The first-order chi connectivity index (χ1) is 14.6. The second-order valence-corrected chi connectivity index (χ2v) is 8.24. The number of nitrogens with one attached hydrogen (secondary N) is 2. The standard InChI is InChI=1S/C19H18BrF3N6O2/c1-10(19(21,22)23)25-17(30)13-2-3-14-16(26-13)29(12-5-7-28(14)9-12)18(31)27-15-8-11(20)4-6-24-15/h2-4,6,8,10,12H,5,7,9H2,1H3,(H,25,30)(H,24,27,31)/t10-,12-/m0/s1. The molecule has 0 saturated carbocycles. The summed E-state index contributed by atoms with van der Waals surface area (Å²) in [5, 5.41) is 4.61. The predicted octanol–water partition coefficient (Wildman–Crippen LogP) is 3.55. The zero-order chi connectivity index (χ0) is 22.3. The number of anilines is 3. The Kier molecular flexibility index (Phi) is 5.50. The first-order valence-corrected chi connectivity index (χ1v) is 10.3. The van der Waals surface area contributed by atoms with Crippen molar-refractivity contribution in [2.75, 3.05) is 28.2 Å². The number of hydrogen-bond donors (Lipinski definition) is 2. The minimum atomic E-state index is -4.57. The number of halogens is 4. The van der Waals surface area contributed by atoms with Crippen LogP contribution in [0.5, 0.6) is 0 Å². The van der Waals surface area contributed by atoms with Crippen molar-refractivity contribution < 1.29 is 22.8 Å². The van der Waals surface area contributed by atoms with Crippen LogP contribution in [0.4, 0.5) is 35.3 Å². The highest BCUT2D eigenvalue weighted by molar-refractivity contribution is 9.10. The number of fused-ring (bicyclic) bond motifs is 4. The van der Waals surface area contributed by atoms with Gasteiger partial charge < -0.3 is 10.2 Å². The lowest BCUT2D eigenvalue weighted by Gasteiger charge is -2.35. The lowest BCUT2D eigenvalue weighted by Crippen LogP contribution is -2.49. The minimum Gasteiger partial charge on any atom is -0.366 e. The first-order valence-electron chi connectivity index (χ1n) is 9.49. The molecule has 12 heteroatoms. The number of nitrogens with zero attached hydrogens (tertiary/aromatic N) is 4. The predicted molar refractivity (Wildman–Crippen MR) is 111 cm³/mol. The largest absolute Gasteiger partial charge is 0.408 e. The number of pyridine rings is 2. The van der Waals surface area contributed by atoms with Crippen molar-refractivity contribution in [2.24, 2.45) is 0 Å². The van der Waals surface area contributed by atoms with Gasteiger partial charge in [-0.05, 0) is 37.6 Å². The number of carbonyl (C=O) groups is 2. The molecule has 1 fully saturated rings. The Balaban J connectivity index is 1.63. The fourth-order valence-corrected chi connectivity index (χ4v) is 3.93. The van der Waals surface area contributed by atoms with Gasteiger partial charge in [-0.15, -0.1) is 0 Å². The first kappa shape index (κ1) is 21.3. The molecule has 0 aliphatic carbocycles. The third-order valence-corrected chi connectivity index (χ3v) is 5.69. The van der Waals surface area contributed by atoms with Gasteiger partial charge in [-0.3, -0.25) is 15.0 Å². The van der Waals surface area contributed by atoms with Crippen molar-refractivity contribution in [2.45, 2.75) is 31.6 Å². The summed E-state index contributed by atoms with van der Waals surface area (Å²) in [6, 6.07) is 3.64. The Morgan fingerprint density at radius 3 is 2.77 bits per heavy atom. The van der Waals surface area contributed by atoms with Gasteiger partial charge in [0, 0.05) is 23.8 Å². The molecule has 2 aromatic heterocycles. The quantitative estimate of drug-likeness (QED) is 0.675. The minimum absolute atomic E-state index is 0.181. The van der Waals surface area contributed by atoms with Gasteiger partial charge in [0.1, 0.15) is 17.6 Å². The molecule has 164 valence electrons. The molecule has 0 radical (unpaired) electrons. The molecule has 3 amide bonds. The molecule has 2 aliphatic rings. The monoisotopic (exact) mass is 498 g/mol. The van der Waals surface area contributed by atoms with E-state index in [1.54, 1.807) is 18.2 Å². The second kappa shape index (κ2) is 7.98. The zero-order valence-corrected chi connectivity index (χ0v) is 17.9. The van der Waals surface area contributed by atoms with Gasteiger partial charge >= 0.3 is 12.2 Å². The van der Waals surface area contributed by atoms with Gasteiger partial charge in [-0.2, -0.15) is 13.2 Å². The number of rotatable bonds is 3. The second-order valence-electron chi connectivity index (χ2n) is 7.32. The van der Waals surface area contributed by atoms with E-state index in [0.29, 0.717) is 31.0 Å². The summed E-state index contributed by atoms with van der Waals surface area (Å²) >= 11 is 3.32. The Labute approximate surface area is 184 Å². The third-order valence-electron chi connectivity index (χ3n) is 5.20. The van der Waals surface area contributed by atoms with Crippen LogP contribution in [0, 0.1) is 0 Å². The summed E-state index contributed by atoms with van der Waals surface area (Å²) < 4.78 is 39.1. The molecule has 8 nitrogen and oxygen atoms in total. The Morgan fingerprint density at radius 1 is 1.29 bits per heavy atom. The number of alkyl halides is 3. The molecule has 4 heterocycles. The molecular formula is C19H18BrF3N6O2. The van der Waals surface area contributed by atoms with E-state index < -0.39 is 24.2 Å². The summed E-state index contributed by atoms with van der Waals surface area (Å²) in [4.78, 5) is 37.3. The molecule has 0 spiro atoms. The van der Waals surface area contributed by atoms with Gasteiger partial charge in [0.05, 0.1) is 11.7 Å². The molecule has 0 aromatic carbocycles. The normalized spacial score (nSPS) is 18.4. The molecule has 2 aliphatic heterocycles. The molecule has 2 aromatic rings. The van der Waals surface area contributed by atoms with Crippen LogP contribution in [-0.4, -0.2) is 53.3 Å². The highest BCUT2D eigenvalue weighted by Crippen LogP contribution is 2.39. The summed E-state index contributed by atoms with van der Waals surface area (Å²) in [7, 11) is 0. The number of aromatic nitrogens is 2. The number of urea groups is 1. The lowest BCUT2D eigenvalue weighted by molar-refractivity contribution is -0.149. The molecular weight excluding hydrogens is 481 g/mol. The van der Waals surface area contributed by atoms with Crippen LogP contribution in [0.3, 0.4) is 0 Å². The fourth-order valence-electron chi connectivity index (χ4n) is 3.59. The van der Waals surface area contributed by atoms with Crippen molar-refractivity contribution in [1.29, 1.82) is 0 Å². The molecule has 0 unspecified atom stereocenters. The number of carbonyl (C=O) groups excluding carboxylic acids is 2. The topological polar surface area (TPSA) is 90.5 Å². The van der Waals surface area contributed by atoms with E-state index in [1.165, 1.54) is 17.2 Å². The van der Waals surface area contributed by atoms with Crippen molar-refractivity contribution in [3.05, 3.63) is 40.6 Å². The van der Waals surface area contributed by atoms with Gasteiger partial charge in [0.25, 0.3) is 5.91 Å². The molecule has 1 saturated heterocycles. The van der Waals surface area contributed by atoms with Crippen LogP contribution < -0.4 is 20.4 Å². The summed E-state index contributed by atoms with van der Waals surface area (Å²) in [5.41, 5.74) is 0.447.